The molecule has 0 aromatic carbocycles. The van der Waals surface area contributed by atoms with Crippen LogP contribution in [0, 0.1) is 11.8 Å². The van der Waals surface area contributed by atoms with E-state index in [1.54, 1.807) is 6.08 Å². The molecule has 1 aliphatic heterocycles. The summed E-state index contributed by atoms with van der Waals surface area (Å²) in [7, 11) is 0. The molecule has 1 heterocycles. The standard InChI is InChI=1S/C13H25NO2/c1-6-13(15)11(14)10(7-8(2)3)16-12(13)9(4)5/h6,8-12,15H,1,7,14H2,2-5H3/t10-,11-,12+,13-/m1/s1. The summed E-state index contributed by atoms with van der Waals surface area (Å²) in [5.74, 6) is 0.738. The average Bonchev–Trinajstić information content (AvgIpc) is 2.43. The molecule has 0 amide bonds. The Morgan fingerprint density at radius 1 is 1.44 bits per heavy atom. The molecule has 0 spiro atoms. The van der Waals surface area contributed by atoms with Gasteiger partial charge >= 0.3 is 0 Å². The van der Waals surface area contributed by atoms with Gasteiger partial charge in [-0.1, -0.05) is 33.8 Å². The highest BCUT2D eigenvalue weighted by Crippen LogP contribution is 2.37. The van der Waals surface area contributed by atoms with Crippen LogP contribution in [0.2, 0.25) is 0 Å². The quantitative estimate of drug-likeness (QED) is 0.719. The normalized spacial score (nSPS) is 39.6. The van der Waals surface area contributed by atoms with Crippen molar-refractivity contribution in [2.75, 3.05) is 0 Å². The summed E-state index contributed by atoms with van der Waals surface area (Å²) in [4.78, 5) is 0. The second-order valence-corrected chi connectivity index (χ2v) is 5.59. The smallest absolute Gasteiger partial charge is 0.126 e. The molecule has 3 N–H and O–H groups in total. The highest BCUT2D eigenvalue weighted by Gasteiger charge is 2.52. The van der Waals surface area contributed by atoms with Gasteiger partial charge in [0.15, 0.2) is 0 Å². The molecule has 0 aromatic heterocycles. The molecule has 94 valence electrons. The van der Waals surface area contributed by atoms with Crippen molar-refractivity contribution in [2.45, 2.75) is 58.0 Å². The molecule has 1 saturated heterocycles. The van der Waals surface area contributed by atoms with Crippen LogP contribution in [0.5, 0.6) is 0 Å². The zero-order chi connectivity index (χ0) is 12.5. The molecule has 1 rings (SSSR count). The number of hydrogen-bond acceptors (Lipinski definition) is 3. The van der Waals surface area contributed by atoms with Gasteiger partial charge in [0.1, 0.15) is 5.60 Å². The molecule has 0 saturated carbocycles. The third-order valence-corrected chi connectivity index (χ3v) is 3.35. The van der Waals surface area contributed by atoms with E-state index < -0.39 is 5.60 Å². The Morgan fingerprint density at radius 2 is 2.00 bits per heavy atom. The Hall–Kier alpha value is -0.380. The molecular weight excluding hydrogens is 202 g/mol. The Bertz CT molecular complexity index is 252. The van der Waals surface area contributed by atoms with Gasteiger partial charge in [-0.25, -0.2) is 0 Å². The number of hydrogen-bond donors (Lipinski definition) is 2. The summed E-state index contributed by atoms with van der Waals surface area (Å²) >= 11 is 0. The fraction of sp³-hybridized carbons (Fsp3) is 0.846. The molecule has 3 nitrogen and oxygen atoms in total. The summed E-state index contributed by atoms with van der Waals surface area (Å²) in [6.07, 6.45) is 2.10. The molecule has 0 unspecified atom stereocenters. The summed E-state index contributed by atoms with van der Waals surface area (Å²) in [5.41, 5.74) is 5.01. The van der Waals surface area contributed by atoms with E-state index in [0.717, 1.165) is 6.42 Å². The van der Waals surface area contributed by atoms with E-state index in [4.69, 9.17) is 10.5 Å². The monoisotopic (exact) mass is 227 g/mol. The van der Waals surface area contributed by atoms with Crippen LogP contribution in [0.3, 0.4) is 0 Å². The zero-order valence-corrected chi connectivity index (χ0v) is 10.8. The van der Waals surface area contributed by atoms with Crippen molar-refractivity contribution in [2.24, 2.45) is 17.6 Å². The third kappa shape index (κ3) is 2.31. The third-order valence-electron chi connectivity index (χ3n) is 3.35. The Morgan fingerprint density at radius 3 is 2.31 bits per heavy atom. The predicted molar refractivity (Wildman–Crippen MR) is 66.1 cm³/mol. The number of ether oxygens (including phenoxy) is 1. The summed E-state index contributed by atoms with van der Waals surface area (Å²) in [6.45, 7) is 12.0. The lowest BCUT2D eigenvalue weighted by Gasteiger charge is -2.30. The van der Waals surface area contributed by atoms with Crippen molar-refractivity contribution in [3.8, 4) is 0 Å². The maximum Gasteiger partial charge on any atom is 0.126 e. The van der Waals surface area contributed by atoms with Gasteiger partial charge in [0.2, 0.25) is 0 Å². The summed E-state index contributed by atoms with van der Waals surface area (Å²) in [6, 6.07) is -0.375. The molecule has 4 atom stereocenters. The van der Waals surface area contributed by atoms with Gasteiger partial charge in [-0.15, -0.1) is 6.58 Å². The van der Waals surface area contributed by atoms with Gasteiger partial charge in [0, 0.05) is 0 Å². The molecule has 0 aromatic rings. The van der Waals surface area contributed by atoms with Gasteiger partial charge in [0.25, 0.3) is 0 Å². The summed E-state index contributed by atoms with van der Waals surface area (Å²) < 4.78 is 5.91. The predicted octanol–water partition coefficient (Wildman–Crippen LogP) is 1.70. The molecule has 1 fully saturated rings. The van der Waals surface area contributed by atoms with Crippen LogP contribution in [0.1, 0.15) is 34.1 Å². The van der Waals surface area contributed by atoms with Gasteiger partial charge in [-0.2, -0.15) is 0 Å². The van der Waals surface area contributed by atoms with E-state index in [1.165, 1.54) is 0 Å². The van der Waals surface area contributed by atoms with Crippen molar-refractivity contribution >= 4 is 0 Å². The first-order valence-electron chi connectivity index (χ1n) is 6.10. The zero-order valence-electron chi connectivity index (χ0n) is 10.8. The molecule has 16 heavy (non-hydrogen) atoms. The van der Waals surface area contributed by atoms with Gasteiger partial charge in [-0.05, 0) is 18.3 Å². The van der Waals surface area contributed by atoms with Crippen molar-refractivity contribution in [1.82, 2.24) is 0 Å². The lowest BCUT2D eigenvalue weighted by molar-refractivity contribution is -0.0499. The van der Waals surface area contributed by atoms with Gasteiger partial charge in [-0.3, -0.25) is 0 Å². The Kier molecular flexibility index (Phi) is 4.16. The fourth-order valence-corrected chi connectivity index (χ4v) is 2.48. The SMILES string of the molecule is C=C[C@@]1(O)[C@H](N)[C@@H](CC(C)C)O[C@H]1C(C)C. The first-order valence-corrected chi connectivity index (χ1v) is 6.10. The second-order valence-electron chi connectivity index (χ2n) is 5.59. The first-order chi connectivity index (χ1) is 7.32. The lowest BCUT2D eigenvalue weighted by Crippen LogP contribution is -2.52. The van der Waals surface area contributed by atoms with E-state index in [0.29, 0.717) is 5.92 Å². The first kappa shape index (κ1) is 13.7. The molecule has 0 aliphatic carbocycles. The van der Waals surface area contributed by atoms with Crippen molar-refractivity contribution < 1.29 is 9.84 Å². The van der Waals surface area contributed by atoms with Crippen molar-refractivity contribution in [3.63, 3.8) is 0 Å². The lowest BCUT2D eigenvalue weighted by atomic mass is 9.83. The second kappa shape index (κ2) is 4.86. The minimum Gasteiger partial charge on any atom is -0.381 e. The van der Waals surface area contributed by atoms with E-state index in [-0.39, 0.29) is 24.2 Å². The summed E-state index contributed by atoms with van der Waals surface area (Å²) in [5, 5.41) is 10.5. The molecule has 0 bridgehead atoms. The number of aliphatic hydroxyl groups is 1. The fourth-order valence-electron chi connectivity index (χ4n) is 2.48. The number of nitrogens with two attached hydrogens (primary N) is 1. The number of rotatable bonds is 4. The minimum atomic E-state index is -1.09. The van der Waals surface area contributed by atoms with E-state index >= 15 is 0 Å². The van der Waals surface area contributed by atoms with Crippen LogP contribution in [-0.2, 0) is 4.74 Å². The van der Waals surface area contributed by atoms with E-state index in [2.05, 4.69) is 20.4 Å². The van der Waals surface area contributed by atoms with E-state index in [9.17, 15) is 5.11 Å². The Labute approximate surface area is 98.7 Å². The van der Waals surface area contributed by atoms with Crippen molar-refractivity contribution in [1.29, 1.82) is 0 Å². The van der Waals surface area contributed by atoms with Crippen LogP contribution in [0.25, 0.3) is 0 Å². The van der Waals surface area contributed by atoms with Crippen LogP contribution in [-0.4, -0.2) is 29.0 Å². The maximum atomic E-state index is 10.5. The largest absolute Gasteiger partial charge is 0.381 e. The van der Waals surface area contributed by atoms with Gasteiger partial charge in [0.05, 0.1) is 18.2 Å². The molecule has 0 radical (unpaired) electrons. The minimum absolute atomic E-state index is 0.0737. The van der Waals surface area contributed by atoms with Crippen LogP contribution in [0.4, 0.5) is 0 Å². The Balaban J connectivity index is 2.87. The van der Waals surface area contributed by atoms with Crippen LogP contribution in [0.15, 0.2) is 12.7 Å². The molecule has 1 aliphatic rings. The van der Waals surface area contributed by atoms with Crippen molar-refractivity contribution in [3.05, 3.63) is 12.7 Å². The highest BCUT2D eigenvalue weighted by atomic mass is 16.5. The molecule has 3 heteroatoms. The molecular formula is C13H25NO2. The van der Waals surface area contributed by atoms with Crippen LogP contribution >= 0.6 is 0 Å². The maximum absolute atomic E-state index is 10.5. The van der Waals surface area contributed by atoms with Crippen LogP contribution < -0.4 is 5.73 Å². The highest BCUT2D eigenvalue weighted by molar-refractivity contribution is 5.15. The average molecular weight is 227 g/mol. The van der Waals surface area contributed by atoms with E-state index in [1.807, 2.05) is 13.8 Å². The topological polar surface area (TPSA) is 55.5 Å². The van der Waals surface area contributed by atoms with Gasteiger partial charge < -0.3 is 15.6 Å².